The first-order valence-corrected chi connectivity index (χ1v) is 8.91. The van der Waals surface area contributed by atoms with E-state index in [1.807, 2.05) is 33.9 Å². The van der Waals surface area contributed by atoms with Gasteiger partial charge in [0.2, 0.25) is 0 Å². The topological polar surface area (TPSA) is 49.0 Å². The lowest BCUT2D eigenvalue weighted by atomic mass is 10.1. The fraction of sp³-hybridized carbons (Fsp3) is 0.368. The van der Waals surface area contributed by atoms with E-state index in [2.05, 4.69) is 42.8 Å². The molecule has 0 N–H and O–H groups in total. The summed E-state index contributed by atoms with van der Waals surface area (Å²) in [6, 6.07) is 11.6. The van der Waals surface area contributed by atoms with Crippen molar-refractivity contribution in [3.8, 4) is 6.07 Å². The summed E-state index contributed by atoms with van der Waals surface area (Å²) in [6.07, 6.45) is 2.84. The van der Waals surface area contributed by atoms with Gasteiger partial charge in [-0.3, -0.25) is 4.79 Å². The second-order valence-electron chi connectivity index (χ2n) is 6.08. The van der Waals surface area contributed by atoms with E-state index in [1.54, 1.807) is 12.1 Å². The number of aromatic nitrogens is 1. The van der Waals surface area contributed by atoms with Gasteiger partial charge in [-0.2, -0.15) is 5.26 Å². The number of rotatable bonds is 6. The maximum Gasteiger partial charge on any atom is 0.270 e. The molecule has 1 heterocycles. The number of amides is 1. The summed E-state index contributed by atoms with van der Waals surface area (Å²) in [4.78, 5) is 14.9. The van der Waals surface area contributed by atoms with E-state index in [-0.39, 0.29) is 11.9 Å². The molecule has 4 nitrogen and oxygen atoms in total. The third-order valence-electron chi connectivity index (χ3n) is 3.83. The normalized spacial score (nSPS) is 10.7. The number of hydrogen-bond acceptors (Lipinski definition) is 2. The van der Waals surface area contributed by atoms with Gasteiger partial charge in [-0.15, -0.1) is 0 Å². The van der Waals surface area contributed by atoms with Crippen LogP contribution in [-0.4, -0.2) is 21.9 Å². The van der Waals surface area contributed by atoms with Crippen LogP contribution in [0, 0.1) is 11.3 Å². The Labute approximate surface area is 151 Å². The summed E-state index contributed by atoms with van der Waals surface area (Å²) in [7, 11) is 0. The molecule has 0 atom stereocenters. The number of hydrogen-bond donors (Lipinski definition) is 0. The monoisotopic (exact) mass is 387 g/mol. The summed E-state index contributed by atoms with van der Waals surface area (Å²) in [5, 5.41) is 8.89. The number of carbonyl (C=O) groups is 1. The van der Waals surface area contributed by atoms with Crippen molar-refractivity contribution in [2.75, 3.05) is 6.54 Å². The van der Waals surface area contributed by atoms with Crippen LogP contribution < -0.4 is 0 Å². The summed E-state index contributed by atoms with van der Waals surface area (Å²) >= 11 is 3.47. The molecule has 0 saturated heterocycles. The second-order valence-corrected chi connectivity index (χ2v) is 7.00. The quantitative estimate of drug-likeness (QED) is 0.717. The van der Waals surface area contributed by atoms with Crippen molar-refractivity contribution >= 4 is 21.8 Å². The van der Waals surface area contributed by atoms with Crippen LogP contribution in [0.25, 0.3) is 0 Å². The van der Waals surface area contributed by atoms with E-state index < -0.39 is 0 Å². The van der Waals surface area contributed by atoms with E-state index in [0.717, 1.165) is 16.5 Å². The van der Waals surface area contributed by atoms with E-state index >= 15 is 0 Å². The van der Waals surface area contributed by atoms with Gasteiger partial charge in [-0.1, -0.05) is 19.1 Å². The zero-order valence-corrected chi connectivity index (χ0v) is 15.9. The minimum absolute atomic E-state index is 0.0283. The third-order valence-corrected chi connectivity index (χ3v) is 4.26. The molecule has 1 aromatic carbocycles. The van der Waals surface area contributed by atoms with Crippen LogP contribution in [-0.2, 0) is 6.54 Å². The molecule has 0 aliphatic rings. The van der Waals surface area contributed by atoms with Gasteiger partial charge in [0.25, 0.3) is 5.91 Å². The van der Waals surface area contributed by atoms with Crippen LogP contribution in [0.3, 0.4) is 0 Å². The second kappa shape index (κ2) is 8.16. The van der Waals surface area contributed by atoms with Crippen LogP contribution in [0.5, 0.6) is 0 Å². The standard InChI is InChI=1S/C19H22BrN3O/c1-4-9-22(12-16-7-5-15(11-21)6-8-16)19(24)18-10-17(20)13-23(18)14(2)3/h5-8,10,13-14H,4,9,12H2,1-3H3. The maximum absolute atomic E-state index is 13.0. The van der Waals surface area contributed by atoms with Crippen molar-refractivity contribution in [3.63, 3.8) is 0 Å². The Balaban J connectivity index is 2.26. The molecule has 0 radical (unpaired) electrons. The molecule has 1 aromatic heterocycles. The molecule has 2 rings (SSSR count). The zero-order valence-electron chi connectivity index (χ0n) is 14.3. The van der Waals surface area contributed by atoms with E-state index in [0.29, 0.717) is 24.3 Å². The molecule has 0 unspecified atom stereocenters. The molecule has 126 valence electrons. The SMILES string of the molecule is CCCN(Cc1ccc(C#N)cc1)C(=O)c1cc(Br)cn1C(C)C. The first kappa shape index (κ1) is 18.3. The Bertz CT molecular complexity index is 741. The molecule has 0 spiro atoms. The molecule has 0 saturated carbocycles. The van der Waals surface area contributed by atoms with Crippen molar-refractivity contribution in [1.82, 2.24) is 9.47 Å². The maximum atomic E-state index is 13.0. The highest BCUT2D eigenvalue weighted by atomic mass is 79.9. The van der Waals surface area contributed by atoms with Crippen LogP contribution in [0.1, 0.15) is 54.8 Å². The molecule has 0 bridgehead atoms. The number of nitriles is 1. The van der Waals surface area contributed by atoms with Gasteiger partial charge in [0, 0.05) is 29.8 Å². The molecule has 0 fully saturated rings. The number of halogens is 1. The summed E-state index contributed by atoms with van der Waals surface area (Å²) in [5.74, 6) is 0.0283. The van der Waals surface area contributed by atoms with E-state index in [4.69, 9.17) is 5.26 Å². The van der Waals surface area contributed by atoms with Crippen molar-refractivity contribution in [2.45, 2.75) is 39.8 Å². The lowest BCUT2D eigenvalue weighted by molar-refractivity contribution is 0.0730. The zero-order chi connectivity index (χ0) is 17.7. The van der Waals surface area contributed by atoms with Gasteiger partial charge in [0.05, 0.1) is 11.6 Å². The van der Waals surface area contributed by atoms with Crippen LogP contribution in [0.15, 0.2) is 41.0 Å². The minimum Gasteiger partial charge on any atom is -0.340 e. The molecule has 1 amide bonds. The minimum atomic E-state index is 0.0283. The van der Waals surface area contributed by atoms with Crippen LogP contribution in [0.4, 0.5) is 0 Å². The van der Waals surface area contributed by atoms with Gasteiger partial charge in [0.15, 0.2) is 0 Å². The molecule has 24 heavy (non-hydrogen) atoms. The summed E-state index contributed by atoms with van der Waals surface area (Å²) in [5.41, 5.74) is 2.35. The van der Waals surface area contributed by atoms with Gasteiger partial charge < -0.3 is 9.47 Å². The first-order valence-electron chi connectivity index (χ1n) is 8.12. The average molecular weight is 388 g/mol. The van der Waals surface area contributed by atoms with Crippen molar-refractivity contribution < 1.29 is 4.79 Å². The smallest absolute Gasteiger partial charge is 0.270 e. The van der Waals surface area contributed by atoms with Crippen molar-refractivity contribution in [2.24, 2.45) is 0 Å². The highest BCUT2D eigenvalue weighted by molar-refractivity contribution is 9.10. The Hall–Kier alpha value is -2.06. The Kier molecular flexibility index (Phi) is 6.22. The van der Waals surface area contributed by atoms with E-state index in [9.17, 15) is 4.79 Å². The Morgan fingerprint density at radius 1 is 1.33 bits per heavy atom. The molecular formula is C19H22BrN3O. The fourth-order valence-electron chi connectivity index (χ4n) is 2.63. The van der Waals surface area contributed by atoms with E-state index in [1.165, 1.54) is 0 Å². The number of nitrogens with zero attached hydrogens (tertiary/aromatic N) is 3. The third kappa shape index (κ3) is 4.27. The molecule has 0 aliphatic heterocycles. The van der Waals surface area contributed by atoms with Gasteiger partial charge in [0.1, 0.15) is 5.69 Å². The van der Waals surface area contributed by atoms with Gasteiger partial charge in [-0.05, 0) is 60.0 Å². The average Bonchev–Trinajstić information content (AvgIpc) is 2.96. The molecular weight excluding hydrogens is 366 g/mol. The number of carbonyl (C=O) groups excluding carboxylic acids is 1. The van der Waals surface area contributed by atoms with Crippen LogP contribution in [0.2, 0.25) is 0 Å². The number of benzene rings is 1. The van der Waals surface area contributed by atoms with Crippen molar-refractivity contribution in [1.29, 1.82) is 5.26 Å². The predicted molar refractivity (Wildman–Crippen MR) is 98.7 cm³/mol. The van der Waals surface area contributed by atoms with Gasteiger partial charge >= 0.3 is 0 Å². The molecule has 2 aromatic rings. The predicted octanol–water partition coefficient (Wildman–Crippen LogP) is 4.76. The highest BCUT2D eigenvalue weighted by Crippen LogP contribution is 2.21. The van der Waals surface area contributed by atoms with Gasteiger partial charge in [-0.25, -0.2) is 0 Å². The first-order chi connectivity index (χ1) is 11.5. The Morgan fingerprint density at radius 2 is 2.00 bits per heavy atom. The van der Waals surface area contributed by atoms with Crippen LogP contribution >= 0.6 is 15.9 Å². The Morgan fingerprint density at radius 3 is 2.54 bits per heavy atom. The summed E-state index contributed by atoms with van der Waals surface area (Å²) < 4.78 is 2.91. The highest BCUT2D eigenvalue weighted by Gasteiger charge is 2.21. The largest absolute Gasteiger partial charge is 0.340 e. The molecule has 5 heteroatoms. The lowest BCUT2D eigenvalue weighted by Gasteiger charge is -2.24. The fourth-order valence-corrected chi connectivity index (χ4v) is 3.07. The van der Waals surface area contributed by atoms with Crippen molar-refractivity contribution in [3.05, 3.63) is 57.8 Å². The molecule has 0 aliphatic carbocycles. The summed E-state index contributed by atoms with van der Waals surface area (Å²) in [6.45, 7) is 7.43. The lowest BCUT2D eigenvalue weighted by Crippen LogP contribution is -2.33.